The Labute approximate surface area is 140 Å². The van der Waals surface area contributed by atoms with Gasteiger partial charge in [-0.1, -0.05) is 54.6 Å². The maximum absolute atomic E-state index is 13.9. The maximum atomic E-state index is 13.9. The molecule has 1 unspecified atom stereocenters. The second-order valence-electron chi connectivity index (χ2n) is 5.93. The maximum Gasteiger partial charge on any atom is 0.232 e. The van der Waals surface area contributed by atoms with Crippen LogP contribution in [0.5, 0.6) is 0 Å². The van der Waals surface area contributed by atoms with E-state index in [0.29, 0.717) is 0 Å². The summed E-state index contributed by atoms with van der Waals surface area (Å²) in [5.41, 5.74) is 3.54. The third-order valence-corrected chi connectivity index (χ3v) is 4.42. The molecule has 3 aromatic carbocycles. The smallest absolute Gasteiger partial charge is 0.232 e. The van der Waals surface area contributed by atoms with Gasteiger partial charge in [-0.25, -0.2) is 4.39 Å². The van der Waals surface area contributed by atoms with Crippen molar-refractivity contribution in [3.05, 3.63) is 101 Å². The number of para-hydroxylation sites is 1. The van der Waals surface area contributed by atoms with E-state index in [-0.39, 0.29) is 24.2 Å². The van der Waals surface area contributed by atoms with Crippen LogP contribution in [0.4, 0.5) is 10.1 Å². The molecular formula is C21H16FNO. The van der Waals surface area contributed by atoms with Gasteiger partial charge in [0.15, 0.2) is 0 Å². The van der Waals surface area contributed by atoms with Crippen LogP contribution in [0.1, 0.15) is 22.7 Å². The van der Waals surface area contributed by atoms with E-state index in [1.165, 1.54) is 6.07 Å². The lowest BCUT2D eigenvalue weighted by molar-refractivity contribution is -0.118. The molecule has 1 heterocycles. The van der Waals surface area contributed by atoms with Gasteiger partial charge in [-0.15, -0.1) is 0 Å². The van der Waals surface area contributed by atoms with E-state index in [4.69, 9.17) is 0 Å². The highest BCUT2D eigenvalue weighted by molar-refractivity contribution is 5.98. The zero-order chi connectivity index (χ0) is 16.5. The van der Waals surface area contributed by atoms with Gasteiger partial charge in [-0.3, -0.25) is 4.79 Å². The molecule has 0 radical (unpaired) electrons. The molecule has 1 aliphatic heterocycles. The van der Waals surface area contributed by atoms with E-state index < -0.39 is 0 Å². The first-order valence-electron chi connectivity index (χ1n) is 7.94. The third kappa shape index (κ3) is 2.48. The summed E-state index contributed by atoms with van der Waals surface area (Å²) in [5.74, 6) is -0.258. The van der Waals surface area contributed by atoms with Crippen LogP contribution in [0.25, 0.3) is 0 Å². The number of rotatable bonds is 2. The molecule has 0 aromatic heterocycles. The molecule has 24 heavy (non-hydrogen) atoms. The summed E-state index contributed by atoms with van der Waals surface area (Å²) < 4.78 is 13.9. The Hall–Kier alpha value is -2.94. The first-order valence-corrected chi connectivity index (χ1v) is 7.94. The predicted octanol–water partition coefficient (Wildman–Crippen LogP) is 4.50. The molecule has 0 fully saturated rings. The van der Waals surface area contributed by atoms with E-state index in [0.717, 1.165) is 22.4 Å². The van der Waals surface area contributed by atoms with E-state index in [1.807, 2.05) is 60.7 Å². The predicted molar refractivity (Wildman–Crippen MR) is 92.3 cm³/mol. The van der Waals surface area contributed by atoms with Gasteiger partial charge >= 0.3 is 0 Å². The SMILES string of the molecule is O=C1Cc2ccc(F)cc2C(c2ccccc2)N1c1ccccc1. The molecular weight excluding hydrogens is 301 g/mol. The van der Waals surface area contributed by atoms with Crippen molar-refractivity contribution in [3.8, 4) is 0 Å². The summed E-state index contributed by atoms with van der Waals surface area (Å²) in [6.45, 7) is 0. The molecule has 3 aromatic rings. The van der Waals surface area contributed by atoms with Crippen molar-refractivity contribution in [2.24, 2.45) is 0 Å². The van der Waals surface area contributed by atoms with Crippen molar-refractivity contribution >= 4 is 11.6 Å². The van der Waals surface area contributed by atoms with E-state index in [1.54, 1.807) is 17.0 Å². The van der Waals surface area contributed by atoms with Crippen LogP contribution in [-0.4, -0.2) is 5.91 Å². The lowest BCUT2D eigenvalue weighted by Crippen LogP contribution is -2.41. The number of hydrogen-bond donors (Lipinski definition) is 0. The summed E-state index contributed by atoms with van der Waals surface area (Å²) in [4.78, 5) is 14.6. The number of halogens is 1. The quantitative estimate of drug-likeness (QED) is 0.681. The van der Waals surface area contributed by atoms with Crippen LogP contribution in [0.15, 0.2) is 78.9 Å². The highest BCUT2D eigenvalue weighted by Crippen LogP contribution is 2.38. The molecule has 0 bridgehead atoms. The molecule has 0 aliphatic carbocycles. The topological polar surface area (TPSA) is 20.3 Å². The number of hydrogen-bond acceptors (Lipinski definition) is 1. The number of amides is 1. The average Bonchev–Trinajstić information content (AvgIpc) is 2.62. The number of carbonyl (C=O) groups is 1. The molecule has 2 nitrogen and oxygen atoms in total. The first kappa shape index (κ1) is 14.6. The van der Waals surface area contributed by atoms with Crippen LogP contribution in [0, 0.1) is 5.82 Å². The molecule has 3 heteroatoms. The van der Waals surface area contributed by atoms with Gasteiger partial charge < -0.3 is 4.90 Å². The van der Waals surface area contributed by atoms with Crippen LogP contribution >= 0.6 is 0 Å². The average molecular weight is 317 g/mol. The van der Waals surface area contributed by atoms with Crippen LogP contribution in [0.2, 0.25) is 0 Å². The Kier molecular flexibility index (Phi) is 3.62. The minimum Gasteiger partial charge on any atom is -0.300 e. The lowest BCUT2D eigenvalue weighted by Gasteiger charge is -2.37. The highest BCUT2D eigenvalue weighted by Gasteiger charge is 2.34. The minimum absolute atomic E-state index is 0.0224. The van der Waals surface area contributed by atoms with Crippen molar-refractivity contribution < 1.29 is 9.18 Å². The second-order valence-corrected chi connectivity index (χ2v) is 5.93. The van der Waals surface area contributed by atoms with Crippen LogP contribution in [-0.2, 0) is 11.2 Å². The number of fused-ring (bicyclic) bond motifs is 1. The molecule has 0 spiro atoms. The largest absolute Gasteiger partial charge is 0.300 e. The van der Waals surface area contributed by atoms with Gasteiger partial charge in [-0.05, 0) is 41.0 Å². The Bertz CT molecular complexity index is 877. The summed E-state index contributed by atoms with van der Waals surface area (Å²) in [6.07, 6.45) is 0.286. The first-order chi connectivity index (χ1) is 11.7. The summed E-state index contributed by atoms with van der Waals surface area (Å²) in [5, 5.41) is 0. The van der Waals surface area contributed by atoms with E-state index >= 15 is 0 Å². The molecule has 1 amide bonds. The fraction of sp³-hybridized carbons (Fsp3) is 0.0952. The normalized spacial score (nSPS) is 16.8. The molecule has 0 N–H and O–H groups in total. The highest BCUT2D eigenvalue weighted by atomic mass is 19.1. The fourth-order valence-corrected chi connectivity index (χ4v) is 3.36. The van der Waals surface area contributed by atoms with Crippen molar-refractivity contribution in [3.63, 3.8) is 0 Å². The summed E-state index contributed by atoms with van der Waals surface area (Å²) in [7, 11) is 0. The van der Waals surface area contributed by atoms with Gasteiger partial charge in [0.1, 0.15) is 5.82 Å². The number of anilines is 1. The van der Waals surface area contributed by atoms with Crippen molar-refractivity contribution in [2.75, 3.05) is 4.90 Å². The summed E-state index contributed by atoms with van der Waals surface area (Å²) >= 11 is 0. The van der Waals surface area contributed by atoms with Crippen molar-refractivity contribution in [2.45, 2.75) is 12.5 Å². The van der Waals surface area contributed by atoms with Gasteiger partial charge in [0.05, 0.1) is 12.5 Å². The molecule has 4 rings (SSSR count). The van der Waals surface area contributed by atoms with Gasteiger partial charge in [0.25, 0.3) is 0 Å². The monoisotopic (exact) mass is 317 g/mol. The van der Waals surface area contributed by atoms with E-state index in [9.17, 15) is 9.18 Å². The second kappa shape index (κ2) is 5.93. The Morgan fingerprint density at radius 2 is 1.54 bits per heavy atom. The molecule has 1 atom stereocenters. The molecule has 1 aliphatic rings. The standard InChI is InChI=1S/C21H16FNO/c22-17-12-11-16-13-20(24)23(18-9-5-2-6-10-18)21(19(16)14-17)15-7-3-1-4-8-15/h1-12,14,21H,13H2. The lowest BCUT2D eigenvalue weighted by atomic mass is 9.87. The zero-order valence-electron chi connectivity index (χ0n) is 13.0. The minimum atomic E-state index is -0.319. The van der Waals surface area contributed by atoms with Gasteiger partial charge in [-0.2, -0.15) is 0 Å². The Morgan fingerprint density at radius 1 is 0.875 bits per heavy atom. The summed E-state index contributed by atoms with van der Waals surface area (Å²) in [6, 6.07) is 23.7. The number of nitrogens with zero attached hydrogens (tertiary/aromatic N) is 1. The molecule has 118 valence electrons. The number of carbonyl (C=O) groups excluding carboxylic acids is 1. The molecule has 0 saturated carbocycles. The molecule has 0 saturated heterocycles. The van der Waals surface area contributed by atoms with Gasteiger partial charge in [0, 0.05) is 5.69 Å². The van der Waals surface area contributed by atoms with Crippen LogP contribution < -0.4 is 4.90 Å². The Morgan fingerprint density at radius 3 is 2.25 bits per heavy atom. The fourth-order valence-electron chi connectivity index (χ4n) is 3.36. The van der Waals surface area contributed by atoms with E-state index in [2.05, 4.69) is 0 Å². The third-order valence-electron chi connectivity index (χ3n) is 4.42. The van der Waals surface area contributed by atoms with Crippen molar-refractivity contribution in [1.82, 2.24) is 0 Å². The van der Waals surface area contributed by atoms with Crippen LogP contribution in [0.3, 0.4) is 0 Å². The van der Waals surface area contributed by atoms with Crippen molar-refractivity contribution in [1.29, 1.82) is 0 Å². The Balaban J connectivity index is 1.94. The number of benzene rings is 3. The van der Waals surface area contributed by atoms with Gasteiger partial charge in [0.2, 0.25) is 5.91 Å². The zero-order valence-corrected chi connectivity index (χ0v) is 13.0.